The summed E-state index contributed by atoms with van der Waals surface area (Å²) in [5.41, 5.74) is 0.974. The average Bonchev–Trinajstić information content (AvgIpc) is 2.77. The molecule has 1 aliphatic heterocycles. The number of nitrogens with one attached hydrogen (secondary N) is 1. The van der Waals surface area contributed by atoms with Gasteiger partial charge >= 0.3 is 5.97 Å². The fraction of sp³-hybridized carbons (Fsp3) is 0.417. The fourth-order valence-corrected chi connectivity index (χ4v) is 2.24. The molecule has 5 heteroatoms. The van der Waals surface area contributed by atoms with Crippen molar-refractivity contribution >= 4 is 18.4 Å². The molecule has 4 nitrogen and oxygen atoms in total. The normalized spacial score (nSPS) is 22.9. The number of rotatable bonds is 3. The fourth-order valence-electron chi connectivity index (χ4n) is 2.24. The van der Waals surface area contributed by atoms with Crippen molar-refractivity contribution in [1.29, 1.82) is 0 Å². The van der Waals surface area contributed by atoms with E-state index >= 15 is 0 Å². The van der Waals surface area contributed by atoms with Crippen LogP contribution >= 0.6 is 12.4 Å². The van der Waals surface area contributed by atoms with Crippen LogP contribution in [-0.4, -0.2) is 31.3 Å². The van der Waals surface area contributed by atoms with Gasteiger partial charge in [-0.25, -0.2) is 0 Å². The summed E-state index contributed by atoms with van der Waals surface area (Å²) < 4.78 is 5.27. The van der Waals surface area contributed by atoms with Crippen molar-refractivity contribution in [3.05, 3.63) is 29.8 Å². The molecule has 94 valence electrons. The van der Waals surface area contributed by atoms with E-state index in [2.05, 4.69) is 5.32 Å². The van der Waals surface area contributed by atoms with Gasteiger partial charge in [0.05, 0.1) is 13.0 Å². The van der Waals surface area contributed by atoms with E-state index in [9.17, 15) is 4.79 Å². The summed E-state index contributed by atoms with van der Waals surface area (Å²) in [6.45, 7) is 1.22. The Bertz CT molecular complexity index is 397. The highest BCUT2D eigenvalue weighted by atomic mass is 35.5. The summed E-state index contributed by atoms with van der Waals surface area (Å²) in [6.07, 6.45) is 0. The molecule has 1 aromatic carbocycles. The Morgan fingerprint density at radius 1 is 1.41 bits per heavy atom. The maximum atomic E-state index is 11.1. The first-order chi connectivity index (χ1) is 7.74. The summed E-state index contributed by atoms with van der Waals surface area (Å²) in [7, 11) is 1.61. The molecule has 2 N–H and O–H groups in total. The van der Waals surface area contributed by atoms with Gasteiger partial charge in [-0.2, -0.15) is 0 Å². The van der Waals surface area contributed by atoms with Gasteiger partial charge in [-0.15, -0.1) is 12.4 Å². The topological polar surface area (TPSA) is 58.6 Å². The van der Waals surface area contributed by atoms with E-state index in [1.165, 1.54) is 0 Å². The van der Waals surface area contributed by atoms with Crippen molar-refractivity contribution in [2.75, 3.05) is 20.2 Å². The minimum Gasteiger partial charge on any atom is -0.496 e. The minimum atomic E-state index is -0.749. The number of methoxy groups -OCH3 is 1. The zero-order valence-corrected chi connectivity index (χ0v) is 10.4. The predicted molar refractivity (Wildman–Crippen MR) is 67.0 cm³/mol. The number of halogens is 1. The van der Waals surface area contributed by atoms with Gasteiger partial charge in [-0.05, 0) is 11.6 Å². The molecule has 2 rings (SSSR count). The molecule has 2 atom stereocenters. The third-order valence-electron chi connectivity index (χ3n) is 3.07. The zero-order valence-electron chi connectivity index (χ0n) is 9.55. The quantitative estimate of drug-likeness (QED) is 0.862. The monoisotopic (exact) mass is 257 g/mol. The molecule has 0 bridgehead atoms. The number of hydrogen-bond acceptors (Lipinski definition) is 3. The number of carboxylic acid groups (broad SMARTS) is 1. The average molecular weight is 258 g/mol. The van der Waals surface area contributed by atoms with Crippen LogP contribution < -0.4 is 10.1 Å². The Morgan fingerprint density at radius 2 is 2.12 bits per heavy atom. The summed E-state index contributed by atoms with van der Waals surface area (Å²) in [4.78, 5) is 11.1. The first kappa shape index (κ1) is 13.8. The van der Waals surface area contributed by atoms with Crippen molar-refractivity contribution in [2.45, 2.75) is 5.92 Å². The lowest BCUT2D eigenvalue weighted by atomic mass is 9.88. The molecule has 1 saturated heterocycles. The smallest absolute Gasteiger partial charge is 0.308 e. The van der Waals surface area contributed by atoms with Crippen LogP contribution in [0.1, 0.15) is 11.5 Å². The van der Waals surface area contributed by atoms with E-state index in [4.69, 9.17) is 9.84 Å². The van der Waals surface area contributed by atoms with Gasteiger partial charge in [-0.1, -0.05) is 18.2 Å². The van der Waals surface area contributed by atoms with Crippen molar-refractivity contribution in [2.24, 2.45) is 5.92 Å². The lowest BCUT2D eigenvalue weighted by molar-refractivity contribution is -0.141. The van der Waals surface area contributed by atoms with Gasteiger partial charge in [0.2, 0.25) is 0 Å². The first-order valence-electron chi connectivity index (χ1n) is 5.30. The Kier molecular flexibility index (Phi) is 4.78. The third kappa shape index (κ3) is 2.70. The maximum Gasteiger partial charge on any atom is 0.308 e. The molecule has 1 fully saturated rings. The molecule has 17 heavy (non-hydrogen) atoms. The summed E-state index contributed by atoms with van der Waals surface area (Å²) in [6, 6.07) is 7.61. The SMILES string of the molecule is COc1ccccc1[C@@H]1CNC[C@H]1C(=O)O.Cl. The molecule has 1 heterocycles. The van der Waals surface area contributed by atoms with Crippen LogP contribution in [0.5, 0.6) is 5.75 Å². The molecular formula is C12H16ClNO3. The van der Waals surface area contributed by atoms with Crippen molar-refractivity contribution in [1.82, 2.24) is 5.32 Å². The lowest BCUT2D eigenvalue weighted by Gasteiger charge is -2.17. The second kappa shape index (κ2) is 5.89. The van der Waals surface area contributed by atoms with Crippen LogP contribution in [0.2, 0.25) is 0 Å². The Hall–Kier alpha value is -1.26. The number of aliphatic carboxylic acids is 1. The highest BCUT2D eigenvalue weighted by Crippen LogP contribution is 2.34. The van der Waals surface area contributed by atoms with Gasteiger partial charge in [0.15, 0.2) is 0 Å². The molecular weight excluding hydrogens is 242 g/mol. The number of hydrogen-bond donors (Lipinski definition) is 2. The number of carboxylic acids is 1. The van der Waals surface area contributed by atoms with Crippen LogP contribution in [0.25, 0.3) is 0 Å². The van der Waals surface area contributed by atoms with E-state index in [1.807, 2.05) is 24.3 Å². The summed E-state index contributed by atoms with van der Waals surface area (Å²) >= 11 is 0. The Balaban J connectivity index is 0.00000144. The van der Waals surface area contributed by atoms with Gasteiger partial charge in [0, 0.05) is 19.0 Å². The highest BCUT2D eigenvalue weighted by molar-refractivity contribution is 5.85. The Labute approximate surface area is 106 Å². The molecule has 0 amide bonds. The van der Waals surface area contributed by atoms with Crippen LogP contribution in [0, 0.1) is 5.92 Å². The summed E-state index contributed by atoms with van der Waals surface area (Å²) in [5, 5.41) is 12.2. The van der Waals surface area contributed by atoms with Gasteiger partial charge < -0.3 is 15.2 Å². The van der Waals surface area contributed by atoms with Gasteiger partial charge in [0.25, 0.3) is 0 Å². The molecule has 0 saturated carbocycles. The second-order valence-corrected chi connectivity index (χ2v) is 3.95. The molecule has 0 radical (unpaired) electrons. The zero-order chi connectivity index (χ0) is 11.5. The lowest BCUT2D eigenvalue weighted by Crippen LogP contribution is -2.21. The second-order valence-electron chi connectivity index (χ2n) is 3.95. The number of ether oxygens (including phenoxy) is 1. The van der Waals surface area contributed by atoms with E-state index < -0.39 is 5.97 Å². The number of para-hydroxylation sites is 1. The van der Waals surface area contributed by atoms with E-state index in [0.717, 1.165) is 11.3 Å². The van der Waals surface area contributed by atoms with Crippen LogP contribution in [0.4, 0.5) is 0 Å². The molecule has 0 aromatic heterocycles. The first-order valence-corrected chi connectivity index (χ1v) is 5.30. The molecule has 1 aliphatic rings. The van der Waals surface area contributed by atoms with Gasteiger partial charge in [-0.3, -0.25) is 4.79 Å². The summed E-state index contributed by atoms with van der Waals surface area (Å²) in [5.74, 6) is -0.353. The Morgan fingerprint density at radius 3 is 2.76 bits per heavy atom. The van der Waals surface area contributed by atoms with Crippen LogP contribution in [0.15, 0.2) is 24.3 Å². The molecule has 1 aromatic rings. The standard InChI is InChI=1S/C12H15NO3.ClH/c1-16-11-5-3-2-4-8(11)9-6-13-7-10(9)12(14)15;/h2-5,9-10,13H,6-7H2,1H3,(H,14,15);1H/t9-,10+;/m0./s1. The van der Waals surface area contributed by atoms with E-state index in [-0.39, 0.29) is 24.2 Å². The number of carbonyl (C=O) groups is 1. The molecule has 0 unspecified atom stereocenters. The van der Waals surface area contributed by atoms with Crippen molar-refractivity contribution in [3.8, 4) is 5.75 Å². The van der Waals surface area contributed by atoms with E-state index in [0.29, 0.717) is 13.1 Å². The largest absolute Gasteiger partial charge is 0.496 e. The van der Waals surface area contributed by atoms with Gasteiger partial charge in [0.1, 0.15) is 5.75 Å². The van der Waals surface area contributed by atoms with Crippen molar-refractivity contribution < 1.29 is 14.6 Å². The maximum absolute atomic E-state index is 11.1. The minimum absolute atomic E-state index is 0. The van der Waals surface area contributed by atoms with Crippen LogP contribution in [-0.2, 0) is 4.79 Å². The number of benzene rings is 1. The highest BCUT2D eigenvalue weighted by Gasteiger charge is 2.35. The van der Waals surface area contributed by atoms with E-state index in [1.54, 1.807) is 7.11 Å². The van der Waals surface area contributed by atoms with Crippen LogP contribution in [0.3, 0.4) is 0 Å². The van der Waals surface area contributed by atoms with Crippen molar-refractivity contribution in [3.63, 3.8) is 0 Å². The third-order valence-corrected chi connectivity index (χ3v) is 3.07. The molecule has 0 spiro atoms. The predicted octanol–water partition coefficient (Wildman–Crippen LogP) is 1.50. The molecule has 0 aliphatic carbocycles.